The molecule has 0 aliphatic rings. The summed E-state index contributed by atoms with van der Waals surface area (Å²) in [6.07, 6.45) is 0. The fourth-order valence-corrected chi connectivity index (χ4v) is 2.27. The number of carbonyl (C=O) groups excluding carboxylic acids is 1. The van der Waals surface area contributed by atoms with E-state index in [9.17, 15) is 9.59 Å². The van der Waals surface area contributed by atoms with Crippen molar-refractivity contribution in [3.63, 3.8) is 0 Å². The molecule has 0 spiro atoms. The van der Waals surface area contributed by atoms with Crippen LogP contribution in [0.5, 0.6) is 0 Å². The predicted octanol–water partition coefficient (Wildman–Crippen LogP) is 2.39. The molecular formula is C13H20N2O3S. The summed E-state index contributed by atoms with van der Waals surface area (Å²) >= 11 is 1.56. The maximum atomic E-state index is 12.0. The van der Waals surface area contributed by atoms with E-state index in [2.05, 4.69) is 5.32 Å². The second-order valence-electron chi connectivity index (χ2n) is 5.57. The maximum absolute atomic E-state index is 12.0. The van der Waals surface area contributed by atoms with Gasteiger partial charge in [0.2, 0.25) is 0 Å². The molecule has 0 bridgehead atoms. The van der Waals surface area contributed by atoms with Gasteiger partial charge in [-0.3, -0.25) is 0 Å². The van der Waals surface area contributed by atoms with Crippen LogP contribution in [0.15, 0.2) is 16.8 Å². The molecule has 19 heavy (non-hydrogen) atoms. The van der Waals surface area contributed by atoms with Crippen molar-refractivity contribution in [3.8, 4) is 0 Å². The molecule has 106 valence electrons. The van der Waals surface area contributed by atoms with E-state index in [-0.39, 0.29) is 6.03 Å². The highest BCUT2D eigenvalue weighted by atomic mass is 32.1. The Balaban J connectivity index is 2.64. The van der Waals surface area contributed by atoms with Crippen molar-refractivity contribution in [2.45, 2.75) is 33.4 Å². The van der Waals surface area contributed by atoms with E-state index in [1.807, 2.05) is 16.8 Å². The van der Waals surface area contributed by atoms with Crippen LogP contribution in [0.4, 0.5) is 4.79 Å². The van der Waals surface area contributed by atoms with Crippen molar-refractivity contribution in [2.75, 3.05) is 7.05 Å². The van der Waals surface area contributed by atoms with Crippen LogP contribution in [0, 0.1) is 5.41 Å². The van der Waals surface area contributed by atoms with Crippen LogP contribution in [-0.2, 0) is 11.3 Å². The number of thiophene rings is 1. The van der Waals surface area contributed by atoms with Gasteiger partial charge < -0.3 is 15.3 Å². The Morgan fingerprint density at radius 2 is 2.11 bits per heavy atom. The lowest BCUT2D eigenvalue weighted by Gasteiger charge is -2.29. The average Bonchev–Trinajstić information content (AvgIpc) is 2.75. The van der Waals surface area contributed by atoms with E-state index in [0.29, 0.717) is 6.54 Å². The molecule has 1 aromatic rings. The van der Waals surface area contributed by atoms with Crippen LogP contribution in [-0.4, -0.2) is 35.1 Å². The largest absolute Gasteiger partial charge is 0.480 e. The average molecular weight is 284 g/mol. The minimum atomic E-state index is -1.02. The van der Waals surface area contributed by atoms with Crippen LogP contribution in [0.1, 0.15) is 26.3 Å². The molecule has 0 aliphatic heterocycles. The smallest absolute Gasteiger partial charge is 0.326 e. The molecule has 1 rings (SSSR count). The summed E-state index contributed by atoms with van der Waals surface area (Å²) < 4.78 is 0. The van der Waals surface area contributed by atoms with Gasteiger partial charge in [-0.25, -0.2) is 9.59 Å². The molecule has 1 aromatic heterocycles. The van der Waals surface area contributed by atoms with Gasteiger partial charge in [0.15, 0.2) is 0 Å². The number of carboxylic acid groups (broad SMARTS) is 1. The first-order valence-electron chi connectivity index (χ1n) is 5.97. The summed E-state index contributed by atoms with van der Waals surface area (Å²) in [6.45, 7) is 5.81. The number of hydrogen-bond donors (Lipinski definition) is 2. The molecule has 0 saturated heterocycles. The van der Waals surface area contributed by atoms with E-state index in [1.165, 1.54) is 4.90 Å². The van der Waals surface area contributed by atoms with Gasteiger partial charge in [0.1, 0.15) is 6.04 Å². The predicted molar refractivity (Wildman–Crippen MR) is 75.2 cm³/mol. The molecule has 0 fully saturated rings. The van der Waals surface area contributed by atoms with E-state index >= 15 is 0 Å². The summed E-state index contributed by atoms with van der Waals surface area (Å²) in [5.41, 5.74) is 0.496. The molecule has 0 saturated carbocycles. The summed E-state index contributed by atoms with van der Waals surface area (Å²) in [5, 5.41) is 15.6. The Morgan fingerprint density at radius 3 is 2.53 bits per heavy atom. The number of hydrogen-bond acceptors (Lipinski definition) is 3. The highest BCUT2D eigenvalue weighted by molar-refractivity contribution is 7.07. The Bertz CT molecular complexity index is 437. The first-order valence-corrected chi connectivity index (χ1v) is 6.91. The van der Waals surface area contributed by atoms with Gasteiger partial charge in [0.25, 0.3) is 0 Å². The standard InChI is InChI=1S/C13H20N2O3S/c1-13(2,3)10(11(16)17)14-12(18)15(4)7-9-5-6-19-8-9/h5-6,8,10H,7H2,1-4H3,(H,14,18)(H,16,17)/t10-/m0/s1. The van der Waals surface area contributed by atoms with Crippen LogP contribution in [0.3, 0.4) is 0 Å². The highest BCUT2D eigenvalue weighted by Gasteiger charge is 2.33. The third kappa shape index (κ3) is 4.55. The minimum absolute atomic E-state index is 0.381. The van der Waals surface area contributed by atoms with Crippen molar-refractivity contribution in [1.29, 1.82) is 0 Å². The molecular weight excluding hydrogens is 264 g/mol. The zero-order valence-corrected chi connectivity index (χ0v) is 12.5. The Kier molecular flexibility index (Phi) is 4.94. The number of urea groups is 1. The summed E-state index contributed by atoms with van der Waals surface area (Å²) in [6, 6.07) is 0.644. The lowest BCUT2D eigenvalue weighted by Crippen LogP contribution is -2.52. The zero-order valence-electron chi connectivity index (χ0n) is 11.6. The molecule has 2 N–H and O–H groups in total. The third-order valence-corrected chi connectivity index (χ3v) is 3.46. The van der Waals surface area contributed by atoms with Crippen LogP contribution in [0.2, 0.25) is 0 Å². The van der Waals surface area contributed by atoms with Crippen LogP contribution < -0.4 is 5.32 Å². The molecule has 0 unspecified atom stereocenters. The molecule has 1 heterocycles. The zero-order chi connectivity index (χ0) is 14.6. The minimum Gasteiger partial charge on any atom is -0.480 e. The molecule has 6 heteroatoms. The SMILES string of the molecule is CN(Cc1ccsc1)C(=O)N[C@@H](C(=O)O)C(C)(C)C. The summed E-state index contributed by atoms with van der Waals surface area (Å²) in [5.74, 6) is -1.02. The molecule has 1 atom stereocenters. The van der Waals surface area contributed by atoms with Crippen LogP contribution >= 0.6 is 11.3 Å². The van der Waals surface area contributed by atoms with Crippen LogP contribution in [0.25, 0.3) is 0 Å². The fourth-order valence-electron chi connectivity index (χ4n) is 1.61. The molecule has 5 nitrogen and oxygen atoms in total. The molecule has 0 radical (unpaired) electrons. The lowest BCUT2D eigenvalue weighted by atomic mass is 9.87. The molecule has 2 amide bonds. The first kappa shape index (κ1) is 15.5. The molecule has 0 aromatic carbocycles. The van der Waals surface area contributed by atoms with E-state index < -0.39 is 17.4 Å². The number of carboxylic acids is 1. The third-order valence-electron chi connectivity index (χ3n) is 2.73. The van der Waals surface area contributed by atoms with Crippen molar-refractivity contribution in [1.82, 2.24) is 10.2 Å². The van der Waals surface area contributed by atoms with Gasteiger partial charge in [-0.2, -0.15) is 11.3 Å². The topological polar surface area (TPSA) is 69.6 Å². The van der Waals surface area contributed by atoms with Gasteiger partial charge in [-0.15, -0.1) is 0 Å². The van der Waals surface area contributed by atoms with Crippen molar-refractivity contribution >= 4 is 23.3 Å². The molecule has 0 aliphatic carbocycles. The van der Waals surface area contributed by atoms with Crippen molar-refractivity contribution < 1.29 is 14.7 Å². The number of rotatable bonds is 4. The van der Waals surface area contributed by atoms with Crippen molar-refractivity contribution in [2.24, 2.45) is 5.41 Å². The number of amides is 2. The Morgan fingerprint density at radius 1 is 1.47 bits per heavy atom. The summed E-state index contributed by atoms with van der Waals surface area (Å²) in [4.78, 5) is 24.7. The maximum Gasteiger partial charge on any atom is 0.326 e. The fraction of sp³-hybridized carbons (Fsp3) is 0.538. The normalized spacial score (nSPS) is 12.8. The lowest BCUT2D eigenvalue weighted by molar-refractivity contribution is -0.142. The van der Waals surface area contributed by atoms with E-state index in [0.717, 1.165) is 5.56 Å². The first-order chi connectivity index (χ1) is 8.71. The highest BCUT2D eigenvalue weighted by Crippen LogP contribution is 2.19. The second kappa shape index (κ2) is 6.06. The monoisotopic (exact) mass is 284 g/mol. The number of aliphatic carboxylic acids is 1. The summed E-state index contributed by atoms with van der Waals surface area (Å²) in [7, 11) is 1.65. The number of nitrogens with zero attached hydrogens (tertiary/aromatic N) is 1. The van der Waals surface area contributed by atoms with Gasteiger partial charge in [0, 0.05) is 13.6 Å². The van der Waals surface area contributed by atoms with Gasteiger partial charge in [-0.05, 0) is 27.8 Å². The second-order valence-corrected chi connectivity index (χ2v) is 6.35. The van der Waals surface area contributed by atoms with Gasteiger partial charge in [0.05, 0.1) is 0 Å². The van der Waals surface area contributed by atoms with E-state index in [4.69, 9.17) is 5.11 Å². The number of nitrogens with one attached hydrogen (secondary N) is 1. The number of carbonyl (C=O) groups is 2. The van der Waals surface area contributed by atoms with E-state index in [1.54, 1.807) is 39.2 Å². The Hall–Kier alpha value is -1.56. The van der Waals surface area contributed by atoms with Gasteiger partial charge >= 0.3 is 12.0 Å². The Labute approximate surface area is 117 Å². The quantitative estimate of drug-likeness (QED) is 0.892. The van der Waals surface area contributed by atoms with Gasteiger partial charge in [-0.1, -0.05) is 20.8 Å². The van der Waals surface area contributed by atoms with Crippen molar-refractivity contribution in [3.05, 3.63) is 22.4 Å².